The van der Waals surface area contributed by atoms with Gasteiger partial charge in [-0.2, -0.15) is 0 Å². The molecule has 1 aliphatic carbocycles. The molecular weight excluding hydrogens is 253 g/mol. The summed E-state index contributed by atoms with van der Waals surface area (Å²) in [6, 6.07) is 0. The molecule has 1 amide bonds. The Morgan fingerprint density at radius 2 is 1.70 bits per heavy atom. The van der Waals surface area contributed by atoms with E-state index in [1.807, 2.05) is 20.8 Å². The van der Waals surface area contributed by atoms with Gasteiger partial charge in [-0.25, -0.2) is 0 Å². The van der Waals surface area contributed by atoms with Crippen LogP contribution in [0.2, 0.25) is 5.82 Å². The van der Waals surface area contributed by atoms with Crippen LogP contribution in [0.5, 0.6) is 0 Å². The van der Waals surface area contributed by atoms with Gasteiger partial charge in [-0.15, -0.1) is 0 Å². The number of nitrogens with one attached hydrogen (secondary N) is 1. The molecule has 2 rings (SSSR count). The predicted molar refractivity (Wildman–Crippen MR) is 80.4 cm³/mol. The first-order chi connectivity index (χ1) is 8.94. The fraction of sp³-hybridized carbons (Fsp3) is 0.933. The third kappa shape index (κ3) is 3.04. The van der Waals surface area contributed by atoms with Crippen molar-refractivity contribution < 1.29 is 14.1 Å². The van der Waals surface area contributed by atoms with Crippen LogP contribution in [0, 0.1) is 11.3 Å². The van der Waals surface area contributed by atoms with Gasteiger partial charge in [0, 0.05) is 12.0 Å². The van der Waals surface area contributed by atoms with E-state index in [0.29, 0.717) is 11.7 Å². The first kappa shape index (κ1) is 15.8. The summed E-state index contributed by atoms with van der Waals surface area (Å²) in [5, 5.41) is 3.03. The van der Waals surface area contributed by atoms with Crippen LogP contribution in [0.25, 0.3) is 0 Å². The Bertz CT molecular complexity index is 384. The predicted octanol–water partition coefficient (Wildman–Crippen LogP) is 2.63. The fourth-order valence-corrected chi connectivity index (χ4v) is 2.39. The summed E-state index contributed by atoms with van der Waals surface area (Å²) in [6.45, 7) is 14.8. The SMILES string of the molecule is CC(C)(C)C(=O)NCC1CC1B1OC(C)(C)C(C)(C)O1. The van der Waals surface area contributed by atoms with Crippen molar-refractivity contribution in [2.45, 2.75) is 71.9 Å². The molecule has 4 nitrogen and oxygen atoms in total. The van der Waals surface area contributed by atoms with Crippen LogP contribution >= 0.6 is 0 Å². The molecule has 1 heterocycles. The van der Waals surface area contributed by atoms with Gasteiger partial charge in [-0.05, 0) is 45.9 Å². The highest BCUT2D eigenvalue weighted by Gasteiger charge is 2.59. The van der Waals surface area contributed by atoms with E-state index in [1.54, 1.807) is 0 Å². The van der Waals surface area contributed by atoms with Gasteiger partial charge < -0.3 is 14.6 Å². The van der Waals surface area contributed by atoms with Crippen LogP contribution in [-0.4, -0.2) is 30.8 Å². The highest BCUT2D eigenvalue weighted by molar-refractivity contribution is 6.48. The fourth-order valence-electron chi connectivity index (χ4n) is 2.39. The van der Waals surface area contributed by atoms with Crippen LogP contribution in [0.3, 0.4) is 0 Å². The third-order valence-corrected chi connectivity index (χ3v) is 4.80. The quantitative estimate of drug-likeness (QED) is 0.809. The van der Waals surface area contributed by atoms with Crippen LogP contribution in [0.15, 0.2) is 0 Å². The Kier molecular flexibility index (Phi) is 3.75. The Morgan fingerprint density at radius 1 is 1.20 bits per heavy atom. The van der Waals surface area contributed by atoms with Crippen molar-refractivity contribution in [3.63, 3.8) is 0 Å². The zero-order chi connectivity index (χ0) is 15.3. The van der Waals surface area contributed by atoms with Crippen molar-refractivity contribution in [1.29, 1.82) is 0 Å². The number of carbonyl (C=O) groups is 1. The first-order valence-corrected chi connectivity index (χ1v) is 7.58. The summed E-state index contributed by atoms with van der Waals surface area (Å²) < 4.78 is 12.1. The largest absolute Gasteiger partial charge is 0.461 e. The minimum Gasteiger partial charge on any atom is -0.403 e. The molecule has 2 unspecified atom stereocenters. The molecule has 0 radical (unpaired) electrons. The van der Waals surface area contributed by atoms with Crippen LogP contribution in [0.4, 0.5) is 0 Å². The Balaban J connectivity index is 1.81. The second kappa shape index (κ2) is 4.74. The molecule has 0 aromatic heterocycles. The maximum Gasteiger partial charge on any atom is 0.461 e. The van der Waals surface area contributed by atoms with Crippen molar-refractivity contribution in [2.75, 3.05) is 6.54 Å². The number of hydrogen-bond donors (Lipinski definition) is 1. The van der Waals surface area contributed by atoms with E-state index in [-0.39, 0.29) is 29.6 Å². The van der Waals surface area contributed by atoms with Crippen LogP contribution in [0.1, 0.15) is 54.9 Å². The molecule has 0 aromatic carbocycles. The molecule has 0 aromatic rings. The maximum absolute atomic E-state index is 11.9. The lowest BCUT2D eigenvalue weighted by Crippen LogP contribution is -2.41. The number of rotatable bonds is 3. The lowest BCUT2D eigenvalue weighted by molar-refractivity contribution is -0.128. The van der Waals surface area contributed by atoms with E-state index in [4.69, 9.17) is 9.31 Å². The summed E-state index contributed by atoms with van der Waals surface area (Å²) in [5.41, 5.74) is -0.854. The average Bonchev–Trinajstić information content (AvgIpc) is 2.97. The molecule has 1 aliphatic heterocycles. The van der Waals surface area contributed by atoms with Crippen molar-refractivity contribution in [1.82, 2.24) is 5.32 Å². The molecule has 2 aliphatic rings. The lowest BCUT2D eigenvalue weighted by Gasteiger charge is -2.32. The van der Waals surface area contributed by atoms with E-state index in [9.17, 15) is 4.79 Å². The van der Waals surface area contributed by atoms with E-state index < -0.39 is 0 Å². The molecule has 2 atom stereocenters. The molecule has 0 spiro atoms. The molecule has 1 N–H and O–H groups in total. The van der Waals surface area contributed by atoms with Crippen LogP contribution in [-0.2, 0) is 14.1 Å². The molecular formula is C15H28BNO3. The van der Waals surface area contributed by atoms with Crippen LogP contribution < -0.4 is 5.32 Å². The van der Waals surface area contributed by atoms with Gasteiger partial charge in [-0.3, -0.25) is 4.79 Å². The standard InChI is InChI=1S/C15H28BNO3/c1-13(2,3)12(18)17-9-10-8-11(10)16-19-14(4,5)15(6,7)20-16/h10-11H,8-9H2,1-7H3,(H,17,18). The van der Waals surface area contributed by atoms with Gasteiger partial charge in [0.2, 0.25) is 5.91 Å². The number of amides is 1. The maximum atomic E-state index is 11.9. The molecule has 1 saturated heterocycles. The molecule has 20 heavy (non-hydrogen) atoms. The van der Waals surface area contributed by atoms with Crippen molar-refractivity contribution in [3.8, 4) is 0 Å². The molecule has 114 valence electrons. The zero-order valence-corrected chi connectivity index (χ0v) is 13.9. The van der Waals surface area contributed by atoms with Crippen molar-refractivity contribution >= 4 is 13.0 Å². The van der Waals surface area contributed by atoms with Gasteiger partial charge in [0.15, 0.2) is 0 Å². The highest BCUT2D eigenvalue weighted by atomic mass is 16.7. The summed E-state index contributed by atoms with van der Waals surface area (Å²) in [5.74, 6) is 1.00. The molecule has 0 bridgehead atoms. The summed E-state index contributed by atoms with van der Waals surface area (Å²) in [4.78, 5) is 11.9. The van der Waals surface area contributed by atoms with Crippen molar-refractivity contribution in [3.05, 3.63) is 0 Å². The second-order valence-electron chi connectivity index (χ2n) is 8.24. The van der Waals surface area contributed by atoms with E-state index in [1.165, 1.54) is 0 Å². The van der Waals surface area contributed by atoms with Gasteiger partial charge >= 0.3 is 7.12 Å². The smallest absolute Gasteiger partial charge is 0.403 e. The average molecular weight is 281 g/mol. The Morgan fingerprint density at radius 3 is 2.15 bits per heavy atom. The van der Waals surface area contributed by atoms with Gasteiger partial charge in [-0.1, -0.05) is 20.8 Å². The molecule has 2 fully saturated rings. The summed E-state index contributed by atoms with van der Waals surface area (Å²) in [6.07, 6.45) is 1.07. The second-order valence-corrected chi connectivity index (χ2v) is 8.24. The summed E-state index contributed by atoms with van der Waals surface area (Å²) in [7, 11) is -0.128. The summed E-state index contributed by atoms with van der Waals surface area (Å²) >= 11 is 0. The zero-order valence-electron chi connectivity index (χ0n) is 13.9. The monoisotopic (exact) mass is 281 g/mol. The Labute approximate surface area is 123 Å². The normalized spacial score (nSPS) is 31.2. The molecule has 5 heteroatoms. The number of carbonyl (C=O) groups excluding carboxylic acids is 1. The van der Waals surface area contributed by atoms with E-state index in [0.717, 1.165) is 13.0 Å². The third-order valence-electron chi connectivity index (χ3n) is 4.80. The first-order valence-electron chi connectivity index (χ1n) is 7.58. The number of hydrogen-bond acceptors (Lipinski definition) is 3. The lowest BCUT2D eigenvalue weighted by atomic mass is 9.80. The minimum absolute atomic E-state index is 0.108. The highest BCUT2D eigenvalue weighted by Crippen LogP contribution is 2.52. The molecule has 1 saturated carbocycles. The van der Waals surface area contributed by atoms with Crippen molar-refractivity contribution in [2.24, 2.45) is 11.3 Å². The minimum atomic E-state index is -0.325. The topological polar surface area (TPSA) is 47.6 Å². The van der Waals surface area contributed by atoms with Gasteiger partial charge in [0.05, 0.1) is 11.2 Å². The van der Waals surface area contributed by atoms with E-state index in [2.05, 4.69) is 33.0 Å². The Hall–Kier alpha value is -0.545. The van der Waals surface area contributed by atoms with E-state index >= 15 is 0 Å². The van der Waals surface area contributed by atoms with Gasteiger partial charge in [0.25, 0.3) is 0 Å². The van der Waals surface area contributed by atoms with Gasteiger partial charge in [0.1, 0.15) is 0 Å².